The van der Waals surface area contributed by atoms with Crippen molar-refractivity contribution < 1.29 is 12.9 Å². The Labute approximate surface area is 121 Å². The van der Waals surface area contributed by atoms with E-state index in [9.17, 15) is 8.42 Å². The van der Waals surface area contributed by atoms with Crippen LogP contribution in [0.5, 0.6) is 0 Å². The minimum absolute atomic E-state index is 0.0184. The monoisotopic (exact) mass is 316 g/mol. The van der Waals surface area contributed by atoms with Crippen LogP contribution in [0.3, 0.4) is 0 Å². The van der Waals surface area contributed by atoms with E-state index in [0.717, 1.165) is 0 Å². The van der Waals surface area contributed by atoms with Gasteiger partial charge in [-0.05, 0) is 25.1 Å². The fraction of sp³-hybridized carbons (Fsp3) is 0.273. The van der Waals surface area contributed by atoms with Crippen molar-refractivity contribution in [1.82, 2.24) is 14.9 Å². The van der Waals surface area contributed by atoms with E-state index in [1.54, 1.807) is 6.92 Å². The number of aromatic nitrogens is 2. The fourth-order valence-electron chi connectivity index (χ4n) is 1.55. The number of sulfonamides is 1. The number of rotatable bonds is 5. The van der Waals surface area contributed by atoms with Crippen LogP contribution in [0.15, 0.2) is 27.6 Å². The lowest BCUT2D eigenvalue weighted by Gasteiger charge is -2.07. The maximum absolute atomic E-state index is 12.1. The highest BCUT2D eigenvalue weighted by Crippen LogP contribution is 2.23. The molecule has 0 bridgehead atoms. The van der Waals surface area contributed by atoms with Gasteiger partial charge in [0.15, 0.2) is 5.82 Å². The molecule has 0 atom stereocenters. The summed E-state index contributed by atoms with van der Waals surface area (Å²) in [6.45, 7) is 1.82. The molecule has 0 saturated carbocycles. The van der Waals surface area contributed by atoms with Crippen LogP contribution in [0.4, 0.5) is 5.69 Å². The highest BCUT2D eigenvalue weighted by Gasteiger charge is 2.17. The normalized spacial score (nSPS) is 11.7. The van der Waals surface area contributed by atoms with E-state index < -0.39 is 10.0 Å². The highest BCUT2D eigenvalue weighted by molar-refractivity contribution is 7.89. The van der Waals surface area contributed by atoms with Crippen molar-refractivity contribution in [1.29, 1.82) is 0 Å². The van der Waals surface area contributed by atoms with Crippen molar-refractivity contribution >= 4 is 27.3 Å². The van der Waals surface area contributed by atoms with Crippen LogP contribution in [0.2, 0.25) is 5.02 Å². The Morgan fingerprint density at radius 3 is 2.80 bits per heavy atom. The molecule has 0 amide bonds. The molecule has 0 radical (unpaired) electrons. The van der Waals surface area contributed by atoms with E-state index in [1.807, 2.05) is 0 Å². The third kappa shape index (κ3) is 3.47. The first kappa shape index (κ1) is 14.8. The maximum atomic E-state index is 12.1. The number of nitrogen functional groups attached to an aromatic ring is 1. The Hall–Kier alpha value is -1.64. The molecular formula is C11H13ClN4O3S. The Balaban J connectivity index is 2.04. The average Bonchev–Trinajstić information content (AvgIpc) is 2.74. The first-order valence-electron chi connectivity index (χ1n) is 5.72. The molecule has 0 aliphatic rings. The van der Waals surface area contributed by atoms with Crippen LogP contribution in [-0.2, 0) is 16.4 Å². The molecule has 1 aromatic carbocycles. The Morgan fingerprint density at radius 2 is 2.20 bits per heavy atom. The molecule has 0 saturated heterocycles. The van der Waals surface area contributed by atoms with Gasteiger partial charge < -0.3 is 10.3 Å². The largest absolute Gasteiger partial charge is 0.399 e. The second-order valence-corrected chi connectivity index (χ2v) is 6.22. The molecule has 9 heteroatoms. The van der Waals surface area contributed by atoms with Crippen LogP contribution in [0.25, 0.3) is 0 Å². The first-order valence-corrected chi connectivity index (χ1v) is 7.58. The second kappa shape index (κ2) is 5.78. The van der Waals surface area contributed by atoms with E-state index in [4.69, 9.17) is 21.9 Å². The molecule has 2 aromatic rings. The van der Waals surface area contributed by atoms with Gasteiger partial charge in [-0.15, -0.1) is 0 Å². The second-order valence-electron chi connectivity index (χ2n) is 4.07. The van der Waals surface area contributed by atoms with Gasteiger partial charge in [0.2, 0.25) is 15.9 Å². The fourth-order valence-corrected chi connectivity index (χ4v) is 3.13. The molecule has 0 fully saturated rings. The lowest BCUT2D eigenvalue weighted by atomic mass is 10.3. The van der Waals surface area contributed by atoms with Crippen LogP contribution >= 0.6 is 11.6 Å². The number of hydrogen-bond donors (Lipinski definition) is 2. The van der Waals surface area contributed by atoms with Crippen molar-refractivity contribution in [2.24, 2.45) is 0 Å². The minimum Gasteiger partial charge on any atom is -0.399 e. The molecular weight excluding hydrogens is 304 g/mol. The Bertz CT molecular complexity index is 714. The zero-order valence-corrected chi connectivity index (χ0v) is 12.2. The molecule has 20 heavy (non-hydrogen) atoms. The predicted octanol–water partition coefficient (Wildman–Crippen LogP) is 1.13. The Morgan fingerprint density at radius 1 is 1.45 bits per heavy atom. The average molecular weight is 317 g/mol. The van der Waals surface area contributed by atoms with Crippen LogP contribution < -0.4 is 10.5 Å². The van der Waals surface area contributed by atoms with Gasteiger partial charge in [0.1, 0.15) is 4.90 Å². The summed E-state index contributed by atoms with van der Waals surface area (Å²) in [5.74, 6) is 0.873. The van der Waals surface area contributed by atoms with Gasteiger partial charge in [-0.2, -0.15) is 4.98 Å². The number of anilines is 1. The lowest BCUT2D eigenvalue weighted by Crippen LogP contribution is -2.26. The zero-order valence-electron chi connectivity index (χ0n) is 10.6. The van der Waals surface area contributed by atoms with Crippen LogP contribution in [-0.4, -0.2) is 25.1 Å². The molecule has 108 valence electrons. The lowest BCUT2D eigenvalue weighted by molar-refractivity contribution is 0.375. The van der Waals surface area contributed by atoms with Crippen molar-refractivity contribution in [2.45, 2.75) is 18.2 Å². The molecule has 7 nitrogen and oxygen atoms in total. The van der Waals surface area contributed by atoms with E-state index in [2.05, 4.69) is 14.9 Å². The summed E-state index contributed by atoms with van der Waals surface area (Å²) in [5.41, 5.74) is 5.92. The van der Waals surface area contributed by atoms with Crippen LogP contribution in [0, 0.1) is 6.92 Å². The van der Waals surface area contributed by atoms with E-state index in [-0.39, 0.29) is 16.5 Å². The number of nitrogens with zero attached hydrogens (tertiary/aromatic N) is 2. The Kier molecular flexibility index (Phi) is 4.26. The van der Waals surface area contributed by atoms with Gasteiger partial charge >= 0.3 is 0 Å². The smallest absolute Gasteiger partial charge is 0.242 e. The molecule has 3 N–H and O–H groups in total. The van der Waals surface area contributed by atoms with E-state index in [0.29, 0.717) is 23.8 Å². The summed E-state index contributed by atoms with van der Waals surface area (Å²) in [6, 6.07) is 4.22. The first-order chi connectivity index (χ1) is 9.38. The van der Waals surface area contributed by atoms with Gasteiger partial charge in [-0.25, -0.2) is 13.1 Å². The third-order valence-electron chi connectivity index (χ3n) is 2.45. The maximum Gasteiger partial charge on any atom is 0.242 e. The summed E-state index contributed by atoms with van der Waals surface area (Å²) in [5, 5.41) is 3.69. The zero-order chi connectivity index (χ0) is 14.8. The molecule has 0 aliphatic carbocycles. The summed E-state index contributed by atoms with van der Waals surface area (Å²) in [7, 11) is -3.70. The topological polar surface area (TPSA) is 111 Å². The van der Waals surface area contributed by atoms with Crippen molar-refractivity contribution in [3.8, 4) is 0 Å². The van der Waals surface area contributed by atoms with E-state index in [1.165, 1.54) is 18.2 Å². The minimum atomic E-state index is -3.70. The molecule has 0 aliphatic heterocycles. The third-order valence-corrected chi connectivity index (χ3v) is 4.39. The number of nitrogens with one attached hydrogen (secondary N) is 1. The number of nitrogens with two attached hydrogens (primary N) is 1. The molecule has 0 unspecified atom stereocenters. The van der Waals surface area contributed by atoms with Gasteiger partial charge in [-0.3, -0.25) is 0 Å². The molecule has 0 spiro atoms. The predicted molar refractivity (Wildman–Crippen MR) is 73.8 cm³/mol. The van der Waals surface area contributed by atoms with Crippen molar-refractivity contribution in [2.75, 3.05) is 12.3 Å². The summed E-state index contributed by atoms with van der Waals surface area (Å²) < 4.78 is 31.4. The SMILES string of the molecule is Cc1noc(CCNS(=O)(=O)c2ccc(N)cc2Cl)n1. The summed E-state index contributed by atoms with van der Waals surface area (Å²) in [4.78, 5) is 3.96. The summed E-state index contributed by atoms with van der Waals surface area (Å²) >= 11 is 5.87. The molecule has 1 aromatic heterocycles. The highest BCUT2D eigenvalue weighted by atomic mass is 35.5. The van der Waals surface area contributed by atoms with Gasteiger partial charge in [-0.1, -0.05) is 16.8 Å². The van der Waals surface area contributed by atoms with Gasteiger partial charge in [0, 0.05) is 18.7 Å². The molecule has 2 rings (SSSR count). The number of hydrogen-bond acceptors (Lipinski definition) is 6. The van der Waals surface area contributed by atoms with Crippen molar-refractivity contribution in [3.05, 3.63) is 34.9 Å². The number of halogens is 1. The van der Waals surface area contributed by atoms with Crippen LogP contribution in [0.1, 0.15) is 11.7 Å². The van der Waals surface area contributed by atoms with E-state index >= 15 is 0 Å². The van der Waals surface area contributed by atoms with Gasteiger partial charge in [0.05, 0.1) is 5.02 Å². The molecule has 1 heterocycles. The standard InChI is InChI=1S/C11H13ClN4O3S/c1-7-15-11(19-16-7)4-5-14-20(17,18)10-3-2-8(13)6-9(10)12/h2-3,6,14H,4-5,13H2,1H3. The number of aryl methyl sites for hydroxylation is 1. The quantitative estimate of drug-likeness (QED) is 0.800. The number of benzene rings is 1. The van der Waals surface area contributed by atoms with Gasteiger partial charge in [0.25, 0.3) is 0 Å². The summed E-state index contributed by atoms with van der Waals surface area (Å²) in [6.07, 6.45) is 0.298. The van der Waals surface area contributed by atoms with Crippen molar-refractivity contribution in [3.63, 3.8) is 0 Å².